The molecule has 0 unspecified atom stereocenters. The van der Waals surface area contributed by atoms with Gasteiger partial charge < -0.3 is 9.84 Å². The number of hydrogen-bond donors (Lipinski definition) is 2. The Morgan fingerprint density at radius 3 is 2.69 bits per heavy atom. The summed E-state index contributed by atoms with van der Waals surface area (Å²) in [6.45, 7) is -0.629. The molecule has 0 aliphatic rings. The molecule has 29 heavy (non-hydrogen) atoms. The SMILES string of the molecule is COc1cc(/C=N\NC(=O)CN(c2cccc([N+](=O)[O-])c2)S(C)(=O)=O)ccc1O. The van der Waals surface area contributed by atoms with Gasteiger partial charge in [0.2, 0.25) is 10.0 Å². The largest absolute Gasteiger partial charge is 0.504 e. The first kappa shape index (κ1) is 21.6. The van der Waals surface area contributed by atoms with Gasteiger partial charge in [0, 0.05) is 12.1 Å². The van der Waals surface area contributed by atoms with Crippen LogP contribution in [0, 0.1) is 10.1 Å². The number of phenols is 1. The van der Waals surface area contributed by atoms with Crippen molar-refractivity contribution in [2.45, 2.75) is 0 Å². The summed E-state index contributed by atoms with van der Waals surface area (Å²) < 4.78 is 29.8. The van der Waals surface area contributed by atoms with Crippen LogP contribution >= 0.6 is 0 Å². The summed E-state index contributed by atoms with van der Waals surface area (Å²) in [5, 5.41) is 24.2. The van der Waals surface area contributed by atoms with E-state index in [9.17, 15) is 28.4 Å². The number of aromatic hydroxyl groups is 1. The molecule has 0 atom stereocenters. The lowest BCUT2D eigenvalue weighted by atomic mass is 10.2. The second-order valence-electron chi connectivity index (χ2n) is 5.77. The number of phenolic OH excluding ortho intramolecular Hbond substituents is 1. The van der Waals surface area contributed by atoms with Crippen molar-refractivity contribution in [2.75, 3.05) is 24.2 Å². The Labute approximate surface area is 166 Å². The Kier molecular flexibility index (Phi) is 6.72. The van der Waals surface area contributed by atoms with E-state index in [4.69, 9.17) is 4.74 Å². The molecule has 2 rings (SSSR count). The molecule has 0 aliphatic heterocycles. The van der Waals surface area contributed by atoms with E-state index in [1.807, 2.05) is 0 Å². The molecule has 0 fully saturated rings. The molecule has 0 spiro atoms. The zero-order chi connectivity index (χ0) is 21.6. The molecule has 12 heteroatoms. The van der Waals surface area contributed by atoms with E-state index in [0.29, 0.717) is 5.56 Å². The number of benzene rings is 2. The quantitative estimate of drug-likeness (QED) is 0.369. The van der Waals surface area contributed by atoms with E-state index in [1.54, 1.807) is 0 Å². The van der Waals surface area contributed by atoms with Crippen LogP contribution in [-0.4, -0.2) is 50.5 Å². The summed E-state index contributed by atoms with van der Waals surface area (Å²) in [6.07, 6.45) is 2.16. The van der Waals surface area contributed by atoms with Crippen LogP contribution in [0.15, 0.2) is 47.6 Å². The molecule has 0 bridgehead atoms. The Morgan fingerprint density at radius 1 is 1.34 bits per heavy atom. The summed E-state index contributed by atoms with van der Waals surface area (Å²) in [7, 11) is -2.51. The van der Waals surface area contributed by atoms with Crippen LogP contribution in [0.2, 0.25) is 0 Å². The highest BCUT2D eigenvalue weighted by atomic mass is 32.2. The van der Waals surface area contributed by atoms with Crippen molar-refractivity contribution in [1.82, 2.24) is 5.43 Å². The van der Waals surface area contributed by atoms with E-state index in [-0.39, 0.29) is 22.9 Å². The van der Waals surface area contributed by atoms with E-state index in [1.165, 1.54) is 49.7 Å². The highest BCUT2D eigenvalue weighted by molar-refractivity contribution is 7.92. The molecular weight excluding hydrogens is 404 g/mol. The van der Waals surface area contributed by atoms with Gasteiger partial charge >= 0.3 is 0 Å². The summed E-state index contributed by atoms with van der Waals surface area (Å²) >= 11 is 0. The van der Waals surface area contributed by atoms with Gasteiger partial charge in [0.15, 0.2) is 11.5 Å². The van der Waals surface area contributed by atoms with E-state index >= 15 is 0 Å². The lowest BCUT2D eigenvalue weighted by molar-refractivity contribution is -0.384. The first-order chi connectivity index (χ1) is 13.6. The number of nitro groups is 1. The zero-order valence-corrected chi connectivity index (χ0v) is 16.3. The Bertz CT molecular complexity index is 1050. The van der Waals surface area contributed by atoms with Gasteiger partial charge in [-0.05, 0) is 29.8 Å². The number of anilines is 1. The number of rotatable bonds is 8. The minimum Gasteiger partial charge on any atom is -0.504 e. The molecule has 154 valence electrons. The van der Waals surface area contributed by atoms with Crippen molar-refractivity contribution >= 4 is 33.5 Å². The van der Waals surface area contributed by atoms with Crippen LogP contribution < -0.4 is 14.5 Å². The van der Waals surface area contributed by atoms with Crippen molar-refractivity contribution < 1.29 is 28.0 Å². The van der Waals surface area contributed by atoms with Gasteiger partial charge in [-0.1, -0.05) is 6.07 Å². The third-order valence-electron chi connectivity index (χ3n) is 3.62. The zero-order valence-electron chi connectivity index (χ0n) is 15.5. The maximum Gasteiger partial charge on any atom is 0.271 e. The predicted octanol–water partition coefficient (Wildman–Crippen LogP) is 1.23. The van der Waals surface area contributed by atoms with Gasteiger partial charge in [-0.3, -0.25) is 19.2 Å². The molecule has 0 aliphatic carbocycles. The van der Waals surface area contributed by atoms with Crippen molar-refractivity contribution in [3.05, 3.63) is 58.1 Å². The van der Waals surface area contributed by atoms with Gasteiger partial charge in [0.25, 0.3) is 11.6 Å². The van der Waals surface area contributed by atoms with Crippen molar-refractivity contribution in [3.8, 4) is 11.5 Å². The summed E-state index contributed by atoms with van der Waals surface area (Å²) in [6, 6.07) is 9.32. The molecular formula is C17H18N4O7S. The van der Waals surface area contributed by atoms with Crippen LogP contribution in [0.25, 0.3) is 0 Å². The van der Waals surface area contributed by atoms with Crippen molar-refractivity contribution in [3.63, 3.8) is 0 Å². The molecule has 11 nitrogen and oxygen atoms in total. The number of non-ortho nitro benzene ring substituents is 1. The lowest BCUT2D eigenvalue weighted by Gasteiger charge is -2.21. The third kappa shape index (κ3) is 5.90. The van der Waals surface area contributed by atoms with E-state index in [0.717, 1.165) is 16.6 Å². The van der Waals surface area contributed by atoms with Crippen LogP contribution in [0.4, 0.5) is 11.4 Å². The molecule has 0 saturated carbocycles. The molecule has 0 radical (unpaired) electrons. The number of nitro benzene ring substituents is 1. The maximum absolute atomic E-state index is 12.1. The Balaban J connectivity index is 2.13. The fourth-order valence-corrected chi connectivity index (χ4v) is 3.13. The number of carbonyl (C=O) groups excluding carboxylic acids is 1. The topological polar surface area (TPSA) is 151 Å². The highest BCUT2D eigenvalue weighted by Gasteiger charge is 2.22. The number of hydrogen-bond acceptors (Lipinski definition) is 8. The standard InChI is InChI=1S/C17H18N4O7S/c1-28-16-8-12(6-7-15(16)22)10-18-19-17(23)11-20(29(2,26)27)13-4-3-5-14(9-13)21(24)25/h3-10,22H,11H2,1-2H3,(H,19,23)/b18-10-. The smallest absolute Gasteiger partial charge is 0.271 e. The van der Waals surface area contributed by atoms with Crippen LogP contribution in [0.5, 0.6) is 11.5 Å². The molecule has 0 aromatic heterocycles. The second-order valence-corrected chi connectivity index (χ2v) is 7.68. The Morgan fingerprint density at radius 2 is 2.07 bits per heavy atom. The molecule has 0 heterocycles. The molecule has 2 aromatic rings. The summed E-state index contributed by atoms with van der Waals surface area (Å²) in [4.78, 5) is 22.4. The normalized spacial score (nSPS) is 11.2. The summed E-state index contributed by atoms with van der Waals surface area (Å²) in [5.74, 6) is -0.604. The Hall–Kier alpha value is -3.67. The maximum atomic E-state index is 12.1. The van der Waals surface area contributed by atoms with Crippen LogP contribution in [-0.2, 0) is 14.8 Å². The minimum absolute atomic E-state index is 0.0240. The number of amides is 1. The minimum atomic E-state index is -3.89. The number of nitrogens with one attached hydrogen (secondary N) is 1. The number of sulfonamides is 1. The van der Waals surface area contributed by atoms with E-state index < -0.39 is 27.4 Å². The number of hydrazone groups is 1. The third-order valence-corrected chi connectivity index (χ3v) is 4.76. The molecule has 1 amide bonds. The fraction of sp³-hybridized carbons (Fsp3) is 0.176. The van der Waals surface area contributed by atoms with Gasteiger partial charge in [-0.25, -0.2) is 13.8 Å². The average Bonchev–Trinajstić information content (AvgIpc) is 2.66. The lowest BCUT2D eigenvalue weighted by Crippen LogP contribution is -2.39. The van der Waals surface area contributed by atoms with E-state index in [2.05, 4.69) is 10.5 Å². The van der Waals surface area contributed by atoms with Crippen molar-refractivity contribution in [2.24, 2.45) is 5.10 Å². The van der Waals surface area contributed by atoms with Gasteiger partial charge in [-0.2, -0.15) is 5.10 Å². The molecule has 2 N–H and O–H groups in total. The first-order valence-electron chi connectivity index (χ1n) is 8.03. The average molecular weight is 422 g/mol. The molecule has 2 aromatic carbocycles. The monoisotopic (exact) mass is 422 g/mol. The highest BCUT2D eigenvalue weighted by Crippen LogP contribution is 2.25. The second kappa shape index (κ2) is 9.01. The predicted molar refractivity (Wildman–Crippen MR) is 106 cm³/mol. The number of methoxy groups -OCH3 is 1. The fourth-order valence-electron chi connectivity index (χ4n) is 2.28. The van der Waals surface area contributed by atoms with Gasteiger partial charge in [-0.15, -0.1) is 0 Å². The first-order valence-corrected chi connectivity index (χ1v) is 9.87. The van der Waals surface area contributed by atoms with Crippen LogP contribution in [0.1, 0.15) is 5.56 Å². The number of carbonyl (C=O) groups is 1. The van der Waals surface area contributed by atoms with Gasteiger partial charge in [0.1, 0.15) is 6.54 Å². The van der Waals surface area contributed by atoms with Crippen molar-refractivity contribution in [1.29, 1.82) is 0 Å². The van der Waals surface area contributed by atoms with Gasteiger partial charge in [0.05, 0.1) is 30.2 Å². The number of ether oxygens (including phenoxy) is 1. The molecule has 0 saturated heterocycles. The summed E-state index contributed by atoms with van der Waals surface area (Å²) in [5.41, 5.74) is 2.36. The number of nitrogens with zero attached hydrogens (tertiary/aromatic N) is 3. The van der Waals surface area contributed by atoms with Crippen LogP contribution in [0.3, 0.4) is 0 Å².